The Hall–Kier alpha value is -2.14. The van der Waals surface area contributed by atoms with Gasteiger partial charge in [0.25, 0.3) is 0 Å². The standard InChI is InChI=1S/C13H11N3OS/c1-9-4-2-6-11-12(9)18-13(15-11)16-14-8-10-5-3-7-17-10/h2-8H,1H3,(H,15,16)/b14-8+. The summed E-state index contributed by atoms with van der Waals surface area (Å²) in [5.41, 5.74) is 5.14. The molecule has 4 nitrogen and oxygen atoms in total. The van der Waals surface area contributed by atoms with Gasteiger partial charge >= 0.3 is 0 Å². The number of rotatable bonds is 3. The van der Waals surface area contributed by atoms with Crippen molar-refractivity contribution in [3.63, 3.8) is 0 Å². The highest BCUT2D eigenvalue weighted by molar-refractivity contribution is 7.22. The van der Waals surface area contributed by atoms with E-state index in [9.17, 15) is 0 Å². The first-order valence-electron chi connectivity index (χ1n) is 5.52. The van der Waals surface area contributed by atoms with Gasteiger partial charge in [-0.1, -0.05) is 23.5 Å². The molecule has 0 saturated carbocycles. The maximum atomic E-state index is 5.14. The predicted octanol–water partition coefficient (Wildman–Crippen LogP) is 3.64. The van der Waals surface area contributed by atoms with Crippen molar-refractivity contribution in [1.29, 1.82) is 0 Å². The zero-order valence-corrected chi connectivity index (χ0v) is 10.6. The maximum absolute atomic E-state index is 5.14. The van der Waals surface area contributed by atoms with E-state index in [1.807, 2.05) is 24.3 Å². The van der Waals surface area contributed by atoms with E-state index in [4.69, 9.17) is 4.42 Å². The molecule has 0 aliphatic carbocycles. The second kappa shape index (κ2) is 4.62. The van der Waals surface area contributed by atoms with Crippen molar-refractivity contribution >= 4 is 32.9 Å². The van der Waals surface area contributed by atoms with Gasteiger partial charge in [-0.05, 0) is 30.7 Å². The molecule has 2 heterocycles. The first-order valence-corrected chi connectivity index (χ1v) is 6.33. The van der Waals surface area contributed by atoms with Gasteiger partial charge in [-0.15, -0.1) is 0 Å². The third-order valence-corrected chi connectivity index (χ3v) is 3.62. The molecule has 0 fully saturated rings. The number of thiazole rings is 1. The molecule has 1 N–H and O–H groups in total. The zero-order valence-electron chi connectivity index (χ0n) is 9.75. The van der Waals surface area contributed by atoms with Crippen molar-refractivity contribution in [3.8, 4) is 0 Å². The van der Waals surface area contributed by atoms with Crippen LogP contribution >= 0.6 is 11.3 Å². The Balaban J connectivity index is 1.81. The number of hydrogen-bond donors (Lipinski definition) is 1. The molecule has 0 aliphatic heterocycles. The lowest BCUT2D eigenvalue weighted by molar-refractivity contribution is 0.560. The Kier molecular flexibility index (Phi) is 2.82. The molecule has 5 heteroatoms. The lowest BCUT2D eigenvalue weighted by atomic mass is 10.2. The van der Waals surface area contributed by atoms with Gasteiger partial charge in [0.2, 0.25) is 5.13 Å². The molecule has 1 aromatic carbocycles. The minimum Gasteiger partial charge on any atom is -0.463 e. The molecule has 2 aromatic heterocycles. The van der Waals surface area contributed by atoms with Crippen LogP contribution in [-0.4, -0.2) is 11.2 Å². The molecule has 0 amide bonds. The fraction of sp³-hybridized carbons (Fsp3) is 0.0769. The summed E-state index contributed by atoms with van der Waals surface area (Å²) in [5, 5.41) is 4.87. The number of aromatic nitrogens is 1. The number of benzene rings is 1. The van der Waals surface area contributed by atoms with E-state index in [2.05, 4.69) is 28.5 Å². The van der Waals surface area contributed by atoms with Crippen LogP contribution in [0.5, 0.6) is 0 Å². The van der Waals surface area contributed by atoms with Gasteiger partial charge in [-0.25, -0.2) is 4.98 Å². The first-order chi connectivity index (χ1) is 8.83. The Labute approximate surface area is 108 Å². The number of nitrogens with zero attached hydrogens (tertiary/aromatic N) is 2. The second-order valence-corrected chi connectivity index (χ2v) is 4.83. The van der Waals surface area contributed by atoms with Crippen LogP contribution in [0.25, 0.3) is 10.2 Å². The SMILES string of the molecule is Cc1cccc2nc(N/N=C/c3ccco3)sc12. The normalized spacial score (nSPS) is 11.4. The molecule has 0 saturated heterocycles. The van der Waals surface area contributed by atoms with E-state index in [-0.39, 0.29) is 0 Å². The summed E-state index contributed by atoms with van der Waals surface area (Å²) < 4.78 is 6.33. The van der Waals surface area contributed by atoms with Gasteiger partial charge in [0.05, 0.1) is 22.7 Å². The lowest BCUT2D eigenvalue weighted by Gasteiger charge is -1.90. The molecule has 3 rings (SSSR count). The highest BCUT2D eigenvalue weighted by atomic mass is 32.1. The topological polar surface area (TPSA) is 50.4 Å². The van der Waals surface area contributed by atoms with E-state index >= 15 is 0 Å². The van der Waals surface area contributed by atoms with Gasteiger partial charge in [0, 0.05) is 0 Å². The van der Waals surface area contributed by atoms with Crippen molar-refractivity contribution in [2.24, 2.45) is 5.10 Å². The average molecular weight is 257 g/mol. The maximum Gasteiger partial charge on any atom is 0.204 e. The van der Waals surface area contributed by atoms with Crippen LogP contribution in [0.1, 0.15) is 11.3 Å². The number of nitrogens with one attached hydrogen (secondary N) is 1. The Bertz CT molecular complexity index is 685. The highest BCUT2D eigenvalue weighted by Gasteiger charge is 2.04. The third-order valence-electron chi connectivity index (χ3n) is 2.51. The van der Waals surface area contributed by atoms with Crippen LogP contribution in [0.15, 0.2) is 46.1 Å². The molecule has 0 atom stereocenters. The van der Waals surface area contributed by atoms with Gasteiger partial charge in [0.15, 0.2) is 0 Å². The van der Waals surface area contributed by atoms with Crippen molar-refractivity contribution < 1.29 is 4.42 Å². The lowest BCUT2D eigenvalue weighted by Crippen LogP contribution is -1.88. The van der Waals surface area contributed by atoms with Crippen LogP contribution in [-0.2, 0) is 0 Å². The summed E-state index contributed by atoms with van der Waals surface area (Å²) in [7, 11) is 0. The number of anilines is 1. The number of hydrazone groups is 1. The average Bonchev–Trinajstić information content (AvgIpc) is 2.98. The summed E-state index contributed by atoms with van der Waals surface area (Å²) in [6, 6.07) is 9.75. The fourth-order valence-corrected chi connectivity index (χ4v) is 2.53. The van der Waals surface area contributed by atoms with E-state index < -0.39 is 0 Å². The fourth-order valence-electron chi connectivity index (χ4n) is 1.65. The van der Waals surface area contributed by atoms with Crippen LogP contribution in [0.2, 0.25) is 0 Å². The van der Waals surface area contributed by atoms with Gasteiger partial charge in [-0.3, -0.25) is 5.43 Å². The molecular formula is C13H11N3OS. The van der Waals surface area contributed by atoms with E-state index in [1.54, 1.807) is 23.8 Å². The summed E-state index contributed by atoms with van der Waals surface area (Å²) in [5.74, 6) is 0.708. The summed E-state index contributed by atoms with van der Waals surface area (Å²) in [6.45, 7) is 2.08. The first kappa shape index (κ1) is 11.0. The monoisotopic (exact) mass is 257 g/mol. The molecule has 0 aliphatic rings. The Morgan fingerprint density at radius 1 is 1.33 bits per heavy atom. The van der Waals surface area contributed by atoms with E-state index in [0.717, 1.165) is 10.6 Å². The minimum atomic E-state index is 0.708. The smallest absolute Gasteiger partial charge is 0.204 e. The largest absolute Gasteiger partial charge is 0.463 e. The third kappa shape index (κ3) is 2.12. The molecule has 0 unspecified atom stereocenters. The summed E-state index contributed by atoms with van der Waals surface area (Å²) in [6.07, 6.45) is 3.24. The number of furan rings is 1. The molecular weight excluding hydrogens is 246 g/mol. The second-order valence-electron chi connectivity index (χ2n) is 3.83. The van der Waals surface area contributed by atoms with Crippen molar-refractivity contribution in [2.45, 2.75) is 6.92 Å². The van der Waals surface area contributed by atoms with Crippen LogP contribution in [0, 0.1) is 6.92 Å². The Morgan fingerprint density at radius 3 is 3.06 bits per heavy atom. The quantitative estimate of drug-likeness (QED) is 0.575. The van der Waals surface area contributed by atoms with Crippen molar-refractivity contribution in [1.82, 2.24) is 4.98 Å². The van der Waals surface area contributed by atoms with E-state index in [0.29, 0.717) is 5.76 Å². The number of aryl methyl sites for hydroxylation is 1. The van der Waals surface area contributed by atoms with Crippen LogP contribution < -0.4 is 5.43 Å². The number of hydrogen-bond acceptors (Lipinski definition) is 5. The van der Waals surface area contributed by atoms with Gasteiger partial charge < -0.3 is 4.42 Å². The van der Waals surface area contributed by atoms with Crippen LogP contribution in [0.3, 0.4) is 0 Å². The van der Waals surface area contributed by atoms with Gasteiger partial charge in [0.1, 0.15) is 5.76 Å². The molecule has 3 aromatic rings. The van der Waals surface area contributed by atoms with Crippen molar-refractivity contribution in [2.75, 3.05) is 5.43 Å². The molecule has 90 valence electrons. The van der Waals surface area contributed by atoms with Crippen molar-refractivity contribution in [3.05, 3.63) is 47.9 Å². The van der Waals surface area contributed by atoms with Gasteiger partial charge in [-0.2, -0.15) is 5.10 Å². The zero-order chi connectivity index (χ0) is 12.4. The predicted molar refractivity (Wildman–Crippen MR) is 74.3 cm³/mol. The highest BCUT2D eigenvalue weighted by Crippen LogP contribution is 2.28. The summed E-state index contributed by atoms with van der Waals surface area (Å²) >= 11 is 1.59. The summed E-state index contributed by atoms with van der Waals surface area (Å²) in [4.78, 5) is 4.46. The molecule has 0 spiro atoms. The van der Waals surface area contributed by atoms with Crippen LogP contribution in [0.4, 0.5) is 5.13 Å². The van der Waals surface area contributed by atoms with E-state index in [1.165, 1.54) is 10.3 Å². The molecule has 18 heavy (non-hydrogen) atoms. The molecule has 0 radical (unpaired) electrons. The molecule has 0 bridgehead atoms. The Morgan fingerprint density at radius 2 is 2.28 bits per heavy atom. The number of fused-ring (bicyclic) bond motifs is 1. The minimum absolute atomic E-state index is 0.708.